The number of nitrogens with one attached hydrogen (secondary N) is 2. The molecule has 0 bridgehead atoms. The highest BCUT2D eigenvalue weighted by molar-refractivity contribution is 5.00. The maximum absolute atomic E-state index is 8.39. The van der Waals surface area contributed by atoms with E-state index in [0.717, 1.165) is 32.5 Å². The molecule has 2 aliphatic heterocycles. The summed E-state index contributed by atoms with van der Waals surface area (Å²) in [4.78, 5) is 2.89. The van der Waals surface area contributed by atoms with Crippen LogP contribution in [-0.2, 0) is 0 Å². The Morgan fingerprint density at radius 3 is 3.14 bits per heavy atom. The molecule has 0 saturated carbocycles. The van der Waals surface area contributed by atoms with Crippen LogP contribution in [0.5, 0.6) is 0 Å². The zero-order chi connectivity index (χ0) is 9.86. The Hall–Kier alpha value is -0.770. The molecule has 2 aliphatic rings. The van der Waals surface area contributed by atoms with Gasteiger partial charge in [-0.2, -0.15) is 0 Å². The van der Waals surface area contributed by atoms with E-state index in [4.69, 9.17) is 5.53 Å². The van der Waals surface area contributed by atoms with Gasteiger partial charge in [-0.15, -0.1) is 0 Å². The summed E-state index contributed by atoms with van der Waals surface area (Å²) in [5, 5.41) is 10.7. The zero-order valence-electron chi connectivity index (χ0n) is 8.37. The van der Waals surface area contributed by atoms with Gasteiger partial charge in [0.1, 0.15) is 0 Å². The lowest BCUT2D eigenvalue weighted by molar-refractivity contribution is 0.334. The van der Waals surface area contributed by atoms with E-state index in [9.17, 15) is 0 Å². The molecular formula is C9H17N5. The maximum Gasteiger partial charge on any atom is 0.0516 e. The molecule has 2 atom stereocenters. The highest BCUT2D eigenvalue weighted by atomic mass is 15.2. The minimum absolute atomic E-state index is 0.165. The average Bonchev–Trinajstić information content (AvgIpc) is 2.43. The molecule has 14 heavy (non-hydrogen) atoms. The number of nitrogens with zero attached hydrogens (tertiary/aromatic N) is 3. The lowest BCUT2D eigenvalue weighted by atomic mass is 9.88. The molecule has 2 fully saturated rings. The van der Waals surface area contributed by atoms with Crippen molar-refractivity contribution in [3.8, 4) is 0 Å². The first-order chi connectivity index (χ1) is 6.85. The second-order valence-electron chi connectivity index (χ2n) is 4.33. The molecule has 2 heterocycles. The molecule has 0 aromatic carbocycles. The van der Waals surface area contributed by atoms with Crippen LogP contribution in [0.3, 0.4) is 0 Å². The van der Waals surface area contributed by atoms with E-state index in [1.807, 2.05) is 0 Å². The van der Waals surface area contributed by atoms with Crippen LogP contribution in [0.1, 0.15) is 25.7 Å². The molecular weight excluding hydrogens is 178 g/mol. The zero-order valence-corrected chi connectivity index (χ0v) is 8.37. The summed E-state index contributed by atoms with van der Waals surface area (Å²) >= 11 is 0. The summed E-state index contributed by atoms with van der Waals surface area (Å²) < 4.78 is 0. The Kier molecular flexibility index (Phi) is 2.91. The fourth-order valence-corrected chi connectivity index (χ4v) is 2.59. The van der Waals surface area contributed by atoms with Gasteiger partial charge in [-0.1, -0.05) is 5.11 Å². The van der Waals surface area contributed by atoms with Gasteiger partial charge in [0.2, 0.25) is 0 Å². The van der Waals surface area contributed by atoms with Gasteiger partial charge in [-0.05, 0) is 44.3 Å². The van der Waals surface area contributed by atoms with Gasteiger partial charge in [0.25, 0.3) is 0 Å². The number of hydrogen-bond acceptors (Lipinski definition) is 3. The number of rotatable bonds is 1. The lowest BCUT2D eigenvalue weighted by Gasteiger charge is -2.27. The first-order valence-electron chi connectivity index (χ1n) is 5.35. The smallest absolute Gasteiger partial charge is 0.0516 e. The average molecular weight is 195 g/mol. The Balaban J connectivity index is 1.99. The molecule has 5 heteroatoms. The Morgan fingerprint density at radius 1 is 1.36 bits per heavy atom. The van der Waals surface area contributed by atoms with Crippen molar-refractivity contribution in [2.24, 2.45) is 5.11 Å². The van der Waals surface area contributed by atoms with Crippen LogP contribution >= 0.6 is 0 Å². The minimum atomic E-state index is 0.165. The van der Waals surface area contributed by atoms with Crippen LogP contribution in [0.2, 0.25) is 0 Å². The topological polar surface area (TPSA) is 72.8 Å². The van der Waals surface area contributed by atoms with E-state index in [2.05, 4.69) is 20.7 Å². The van der Waals surface area contributed by atoms with Crippen LogP contribution in [0.15, 0.2) is 5.11 Å². The van der Waals surface area contributed by atoms with Gasteiger partial charge in [0.05, 0.1) is 6.04 Å². The predicted octanol–water partition coefficient (Wildman–Crippen LogP) is 1.17. The highest BCUT2D eigenvalue weighted by Gasteiger charge is 2.37. The Labute approximate surface area is 83.9 Å². The van der Waals surface area contributed by atoms with Crippen molar-refractivity contribution in [1.82, 2.24) is 10.6 Å². The minimum Gasteiger partial charge on any atom is -0.317 e. The molecule has 0 aromatic rings. The Morgan fingerprint density at radius 2 is 2.29 bits per heavy atom. The van der Waals surface area contributed by atoms with E-state index < -0.39 is 0 Å². The van der Waals surface area contributed by atoms with Crippen LogP contribution in [0.4, 0.5) is 0 Å². The SMILES string of the molecule is [N-]=[N+]=NC1CNC2(CCCNCC2)C1. The van der Waals surface area contributed by atoms with Crippen molar-refractivity contribution in [3.63, 3.8) is 0 Å². The summed E-state index contributed by atoms with van der Waals surface area (Å²) in [5.74, 6) is 0. The van der Waals surface area contributed by atoms with E-state index >= 15 is 0 Å². The van der Waals surface area contributed by atoms with Crippen molar-refractivity contribution in [1.29, 1.82) is 0 Å². The predicted molar refractivity (Wildman–Crippen MR) is 55.0 cm³/mol. The molecule has 2 saturated heterocycles. The molecule has 0 aliphatic carbocycles. The normalized spacial score (nSPS) is 37.9. The molecule has 78 valence electrons. The maximum atomic E-state index is 8.39. The van der Waals surface area contributed by atoms with Gasteiger partial charge >= 0.3 is 0 Å². The van der Waals surface area contributed by atoms with Crippen molar-refractivity contribution >= 4 is 0 Å². The number of hydrogen-bond donors (Lipinski definition) is 2. The summed E-state index contributed by atoms with van der Waals surface area (Å²) in [6.45, 7) is 3.05. The van der Waals surface area contributed by atoms with Gasteiger partial charge < -0.3 is 10.6 Å². The molecule has 0 amide bonds. The van der Waals surface area contributed by atoms with Crippen molar-refractivity contribution in [2.45, 2.75) is 37.3 Å². The highest BCUT2D eigenvalue weighted by Crippen LogP contribution is 2.30. The molecule has 2 N–H and O–H groups in total. The molecule has 2 rings (SSSR count). The molecule has 5 nitrogen and oxygen atoms in total. The lowest BCUT2D eigenvalue weighted by Crippen LogP contribution is -2.40. The standard InChI is InChI=1S/C9H17N5/c10-14-13-8-6-9(12-7-8)2-1-4-11-5-3-9/h8,11-12H,1-7H2. The second-order valence-corrected chi connectivity index (χ2v) is 4.33. The van der Waals surface area contributed by atoms with E-state index in [1.54, 1.807) is 0 Å². The summed E-state index contributed by atoms with van der Waals surface area (Å²) in [6.07, 6.45) is 4.59. The summed E-state index contributed by atoms with van der Waals surface area (Å²) in [5.41, 5.74) is 8.64. The molecule has 0 radical (unpaired) electrons. The van der Waals surface area contributed by atoms with Gasteiger partial charge in [-0.3, -0.25) is 0 Å². The Bertz CT molecular complexity index is 238. The fourth-order valence-electron chi connectivity index (χ4n) is 2.59. The molecule has 2 unspecified atom stereocenters. The van der Waals surface area contributed by atoms with Crippen LogP contribution in [-0.4, -0.2) is 31.2 Å². The molecule has 1 spiro atoms. The third kappa shape index (κ3) is 2.00. The number of azide groups is 1. The molecule has 0 aromatic heterocycles. The van der Waals surface area contributed by atoms with Crippen molar-refractivity contribution in [3.05, 3.63) is 10.4 Å². The summed E-state index contributed by atoms with van der Waals surface area (Å²) in [7, 11) is 0. The van der Waals surface area contributed by atoms with E-state index in [-0.39, 0.29) is 11.6 Å². The fraction of sp³-hybridized carbons (Fsp3) is 1.00. The summed E-state index contributed by atoms with van der Waals surface area (Å²) in [6, 6.07) is 0.165. The van der Waals surface area contributed by atoms with Gasteiger partial charge in [-0.25, -0.2) is 0 Å². The largest absolute Gasteiger partial charge is 0.317 e. The van der Waals surface area contributed by atoms with Crippen molar-refractivity contribution < 1.29 is 0 Å². The second kappa shape index (κ2) is 4.17. The monoisotopic (exact) mass is 195 g/mol. The third-order valence-electron chi connectivity index (χ3n) is 3.34. The van der Waals surface area contributed by atoms with Crippen LogP contribution in [0.25, 0.3) is 10.4 Å². The quantitative estimate of drug-likeness (QED) is 0.374. The van der Waals surface area contributed by atoms with E-state index in [1.165, 1.54) is 12.8 Å². The first kappa shape index (κ1) is 9.77. The van der Waals surface area contributed by atoms with Gasteiger partial charge in [0.15, 0.2) is 0 Å². The van der Waals surface area contributed by atoms with Gasteiger partial charge in [0, 0.05) is 17.0 Å². The van der Waals surface area contributed by atoms with Crippen LogP contribution < -0.4 is 10.6 Å². The van der Waals surface area contributed by atoms with Crippen LogP contribution in [0, 0.1) is 0 Å². The first-order valence-corrected chi connectivity index (χ1v) is 5.35. The van der Waals surface area contributed by atoms with Crippen molar-refractivity contribution in [2.75, 3.05) is 19.6 Å². The van der Waals surface area contributed by atoms with E-state index in [0.29, 0.717) is 0 Å². The third-order valence-corrected chi connectivity index (χ3v) is 3.34.